The summed E-state index contributed by atoms with van der Waals surface area (Å²) >= 11 is 3.38. The van der Waals surface area contributed by atoms with Crippen molar-refractivity contribution >= 4 is 33.9 Å². The molecule has 0 aliphatic heterocycles. The van der Waals surface area contributed by atoms with Crippen LogP contribution in [0.2, 0.25) is 0 Å². The lowest BCUT2D eigenvalue weighted by Crippen LogP contribution is -2.28. The number of carboxylic acids is 1. The first kappa shape index (κ1) is 21.2. The fourth-order valence-electron chi connectivity index (χ4n) is 2.47. The summed E-state index contributed by atoms with van der Waals surface area (Å²) in [6.45, 7) is 0. The van der Waals surface area contributed by atoms with E-state index < -0.39 is 34.8 Å². The monoisotopic (exact) mass is 473 g/mol. The summed E-state index contributed by atoms with van der Waals surface area (Å²) in [5.41, 5.74) is -0.476. The maximum atomic E-state index is 13.7. The third-order valence-corrected chi connectivity index (χ3v) is 4.57. The Labute approximate surface area is 178 Å². The number of nitrogens with one attached hydrogen (secondary N) is 1. The molecule has 0 fully saturated rings. The Balaban J connectivity index is 1.77. The van der Waals surface area contributed by atoms with Crippen LogP contribution in [0.3, 0.4) is 0 Å². The van der Waals surface area contributed by atoms with Gasteiger partial charge in [0.1, 0.15) is 28.8 Å². The Morgan fingerprint density at radius 3 is 2.33 bits per heavy atom. The van der Waals surface area contributed by atoms with Crippen LogP contribution in [0.1, 0.15) is 15.9 Å². The number of carbonyl (C=O) groups excluding carboxylic acids is 1. The number of aliphatic carboxylic acids is 1. The molecule has 3 aromatic carbocycles. The van der Waals surface area contributed by atoms with E-state index in [1.807, 2.05) is 18.2 Å². The van der Waals surface area contributed by atoms with E-state index in [0.29, 0.717) is 23.1 Å². The van der Waals surface area contributed by atoms with Crippen LogP contribution >= 0.6 is 15.9 Å². The molecule has 3 aromatic rings. The Morgan fingerprint density at radius 1 is 1.00 bits per heavy atom. The zero-order chi connectivity index (χ0) is 21.7. The molecule has 0 aromatic heterocycles. The quantitative estimate of drug-likeness (QED) is 0.471. The molecule has 0 aliphatic carbocycles. The average molecular weight is 474 g/mol. The minimum Gasteiger partial charge on any atom is -0.477 e. The van der Waals surface area contributed by atoms with E-state index in [4.69, 9.17) is 4.74 Å². The second-order valence-electron chi connectivity index (χ2n) is 6.04. The number of ether oxygens (including phenoxy) is 1. The van der Waals surface area contributed by atoms with Crippen LogP contribution < -0.4 is 10.1 Å². The van der Waals surface area contributed by atoms with Gasteiger partial charge in [0, 0.05) is 6.07 Å². The molecule has 0 atom stereocenters. The molecule has 0 spiro atoms. The molecule has 0 aliphatic rings. The minimum absolute atomic E-state index is 0.465. The average Bonchev–Trinajstić information content (AvgIpc) is 2.70. The summed E-state index contributed by atoms with van der Waals surface area (Å²) < 4.78 is 33.2. The topological polar surface area (TPSA) is 75.6 Å². The minimum atomic E-state index is -1.42. The van der Waals surface area contributed by atoms with Crippen molar-refractivity contribution in [1.82, 2.24) is 5.32 Å². The summed E-state index contributed by atoms with van der Waals surface area (Å²) in [6.07, 6.45) is 1.21. The van der Waals surface area contributed by atoms with E-state index in [1.165, 1.54) is 6.08 Å². The second kappa shape index (κ2) is 9.32. The highest BCUT2D eigenvalue weighted by Gasteiger charge is 2.17. The number of rotatable bonds is 6. The van der Waals surface area contributed by atoms with E-state index in [1.54, 1.807) is 30.3 Å². The van der Waals surface area contributed by atoms with Crippen LogP contribution in [-0.4, -0.2) is 17.0 Å². The first-order chi connectivity index (χ1) is 14.3. The predicted octanol–water partition coefficient (Wildman–Crippen LogP) is 5.38. The lowest BCUT2D eigenvalue weighted by atomic mass is 10.1. The molecule has 0 unspecified atom stereocenters. The molecule has 5 nitrogen and oxygen atoms in total. The third-order valence-electron chi connectivity index (χ3n) is 3.91. The van der Waals surface area contributed by atoms with Crippen molar-refractivity contribution in [3.8, 4) is 11.5 Å². The first-order valence-electron chi connectivity index (χ1n) is 8.57. The van der Waals surface area contributed by atoms with Gasteiger partial charge in [0.25, 0.3) is 5.91 Å². The van der Waals surface area contributed by atoms with Crippen LogP contribution in [-0.2, 0) is 4.79 Å². The molecule has 152 valence electrons. The number of halogens is 3. The van der Waals surface area contributed by atoms with Gasteiger partial charge in [-0.2, -0.15) is 0 Å². The highest BCUT2D eigenvalue weighted by atomic mass is 79.9. The van der Waals surface area contributed by atoms with Gasteiger partial charge < -0.3 is 15.2 Å². The fraction of sp³-hybridized carbons (Fsp3) is 0. The molecule has 0 heterocycles. The van der Waals surface area contributed by atoms with Crippen molar-refractivity contribution in [2.45, 2.75) is 0 Å². The van der Waals surface area contributed by atoms with Gasteiger partial charge >= 0.3 is 5.97 Å². The van der Waals surface area contributed by atoms with Gasteiger partial charge in [-0.05, 0) is 64.0 Å². The summed E-state index contributed by atoms with van der Waals surface area (Å²) in [5, 5.41) is 11.5. The van der Waals surface area contributed by atoms with E-state index in [9.17, 15) is 23.5 Å². The smallest absolute Gasteiger partial charge is 0.352 e. The molecule has 2 N–H and O–H groups in total. The van der Waals surface area contributed by atoms with Crippen LogP contribution in [0, 0.1) is 11.6 Å². The van der Waals surface area contributed by atoms with Crippen LogP contribution in [0.25, 0.3) is 6.08 Å². The number of benzene rings is 3. The molecular formula is C22H14BrF2NO4. The van der Waals surface area contributed by atoms with Crippen molar-refractivity contribution in [3.05, 3.63) is 99.7 Å². The summed E-state index contributed by atoms with van der Waals surface area (Å²) in [4.78, 5) is 23.7. The Bertz CT molecular complexity index is 1130. The molecule has 3 rings (SSSR count). The van der Waals surface area contributed by atoms with Crippen molar-refractivity contribution in [1.29, 1.82) is 0 Å². The van der Waals surface area contributed by atoms with E-state index in [2.05, 4.69) is 21.2 Å². The van der Waals surface area contributed by atoms with Crippen molar-refractivity contribution < 1.29 is 28.2 Å². The van der Waals surface area contributed by atoms with Gasteiger partial charge in [-0.15, -0.1) is 0 Å². The maximum absolute atomic E-state index is 13.7. The van der Waals surface area contributed by atoms with E-state index >= 15 is 0 Å². The highest BCUT2D eigenvalue weighted by molar-refractivity contribution is 9.10. The van der Waals surface area contributed by atoms with E-state index in [-0.39, 0.29) is 0 Å². The number of carboxylic acid groups (broad SMARTS) is 1. The van der Waals surface area contributed by atoms with Crippen molar-refractivity contribution in [2.24, 2.45) is 0 Å². The normalized spacial score (nSPS) is 11.1. The van der Waals surface area contributed by atoms with Gasteiger partial charge in [-0.3, -0.25) is 4.79 Å². The maximum Gasteiger partial charge on any atom is 0.352 e. The zero-order valence-electron chi connectivity index (χ0n) is 15.2. The standard InChI is InChI=1S/C22H14BrF2NO4/c23-17-3-1-2-4-20(17)30-15-8-5-13(6-9-15)11-19(22(28)29)26-21(27)16-10-7-14(24)12-18(16)25/h1-12H,(H,26,27)(H,28,29)/b19-11-. The number of hydrogen-bond donors (Lipinski definition) is 2. The highest BCUT2D eigenvalue weighted by Crippen LogP contribution is 2.29. The number of carbonyl (C=O) groups is 2. The summed E-state index contributed by atoms with van der Waals surface area (Å²) in [6, 6.07) is 16.1. The van der Waals surface area contributed by atoms with Gasteiger partial charge in [0.2, 0.25) is 0 Å². The molecule has 0 saturated carbocycles. The Morgan fingerprint density at radius 2 is 1.70 bits per heavy atom. The lowest BCUT2D eigenvalue weighted by molar-refractivity contribution is -0.132. The Hall–Kier alpha value is -3.52. The summed E-state index contributed by atoms with van der Waals surface area (Å²) in [5.74, 6) is -3.22. The van der Waals surface area contributed by atoms with Crippen LogP contribution in [0.15, 0.2) is 76.9 Å². The second-order valence-corrected chi connectivity index (χ2v) is 6.90. The van der Waals surface area contributed by atoms with Crippen LogP contribution in [0.4, 0.5) is 8.78 Å². The lowest BCUT2D eigenvalue weighted by Gasteiger charge is -2.09. The molecule has 0 bridgehead atoms. The third kappa shape index (κ3) is 5.30. The largest absolute Gasteiger partial charge is 0.477 e. The van der Waals surface area contributed by atoms with Gasteiger partial charge in [-0.1, -0.05) is 24.3 Å². The number of amides is 1. The fourth-order valence-corrected chi connectivity index (χ4v) is 2.83. The first-order valence-corrected chi connectivity index (χ1v) is 9.36. The molecule has 8 heteroatoms. The van der Waals surface area contributed by atoms with Crippen LogP contribution in [0.5, 0.6) is 11.5 Å². The number of para-hydroxylation sites is 1. The molecule has 0 radical (unpaired) electrons. The van der Waals surface area contributed by atoms with Gasteiger partial charge in [0.05, 0.1) is 10.0 Å². The molecular weight excluding hydrogens is 460 g/mol. The predicted molar refractivity (Wildman–Crippen MR) is 110 cm³/mol. The molecule has 30 heavy (non-hydrogen) atoms. The SMILES string of the molecule is O=C(O)/C(=C/c1ccc(Oc2ccccc2Br)cc1)NC(=O)c1ccc(F)cc1F. The number of hydrogen-bond acceptors (Lipinski definition) is 3. The van der Waals surface area contributed by atoms with Gasteiger partial charge in [-0.25, -0.2) is 13.6 Å². The zero-order valence-corrected chi connectivity index (χ0v) is 16.8. The summed E-state index contributed by atoms with van der Waals surface area (Å²) in [7, 11) is 0. The molecule has 1 amide bonds. The van der Waals surface area contributed by atoms with Crippen molar-refractivity contribution in [2.75, 3.05) is 0 Å². The van der Waals surface area contributed by atoms with E-state index in [0.717, 1.165) is 16.6 Å². The van der Waals surface area contributed by atoms with Crippen molar-refractivity contribution in [3.63, 3.8) is 0 Å². The van der Waals surface area contributed by atoms with Gasteiger partial charge in [0.15, 0.2) is 0 Å². The molecule has 0 saturated heterocycles. The Kier molecular flexibility index (Phi) is 6.58.